The van der Waals surface area contributed by atoms with E-state index < -0.39 is 78.5 Å². The minimum atomic E-state index is -5.11. The molecule has 1 aliphatic rings. The number of carbonyl (C=O) groups is 1. The largest absolute Gasteiger partial charge is 0.397 e. The number of hydrogen-bond acceptors (Lipinski definition) is 11. The van der Waals surface area contributed by atoms with Gasteiger partial charge in [-0.25, -0.2) is 4.18 Å². The quantitative estimate of drug-likeness (QED) is 0.0199. The zero-order chi connectivity index (χ0) is 41.4. The van der Waals surface area contributed by atoms with Gasteiger partial charge in [0.05, 0.1) is 25.4 Å². The summed E-state index contributed by atoms with van der Waals surface area (Å²) in [5.41, 5.74) is 0. The van der Waals surface area contributed by atoms with Crippen molar-refractivity contribution in [2.75, 3.05) is 13.2 Å². The Hall–Kier alpha value is -1.46. The van der Waals surface area contributed by atoms with Crippen LogP contribution in [0.1, 0.15) is 174 Å². The van der Waals surface area contributed by atoms with Crippen LogP contribution < -0.4 is 5.32 Å². The number of unbranched alkanes of at least 4 members (excludes halogenated alkanes) is 21. The maximum atomic E-state index is 13.0. The topological polar surface area (TPSA) is 212 Å². The molecule has 1 saturated heterocycles. The number of hydrogen-bond donors (Lipinski definition) is 7. The summed E-state index contributed by atoms with van der Waals surface area (Å²) >= 11 is 0. The second-order valence-electron chi connectivity index (χ2n) is 15.4. The zero-order valence-electron chi connectivity index (χ0n) is 34.6. The van der Waals surface area contributed by atoms with E-state index in [1.807, 2.05) is 0 Å². The van der Waals surface area contributed by atoms with Gasteiger partial charge < -0.3 is 40.3 Å². The van der Waals surface area contributed by atoms with Gasteiger partial charge in [0, 0.05) is 0 Å². The molecule has 0 radical (unpaired) electrons. The van der Waals surface area contributed by atoms with Crippen LogP contribution in [-0.4, -0.2) is 107 Å². The van der Waals surface area contributed by atoms with Crippen molar-refractivity contribution in [3.05, 3.63) is 24.3 Å². The van der Waals surface area contributed by atoms with Crippen molar-refractivity contribution < 1.29 is 57.0 Å². The van der Waals surface area contributed by atoms with E-state index in [1.165, 1.54) is 102 Å². The van der Waals surface area contributed by atoms with E-state index in [4.69, 9.17) is 14.0 Å². The van der Waals surface area contributed by atoms with Crippen LogP contribution in [0.3, 0.4) is 0 Å². The van der Waals surface area contributed by atoms with Gasteiger partial charge in [0.1, 0.15) is 30.5 Å². The van der Waals surface area contributed by atoms with Crippen molar-refractivity contribution in [3.63, 3.8) is 0 Å². The molecule has 1 rings (SSSR count). The number of allylic oxidation sites excluding steroid dienone is 3. The Labute approximate surface area is 338 Å². The van der Waals surface area contributed by atoms with Gasteiger partial charge in [-0.1, -0.05) is 167 Å². The van der Waals surface area contributed by atoms with Crippen LogP contribution in [0.5, 0.6) is 0 Å². The van der Waals surface area contributed by atoms with Gasteiger partial charge in [-0.3, -0.25) is 9.35 Å². The lowest BCUT2D eigenvalue weighted by molar-refractivity contribution is -0.298. The van der Waals surface area contributed by atoms with E-state index >= 15 is 0 Å². The summed E-state index contributed by atoms with van der Waals surface area (Å²) in [6.45, 7) is 3.13. The number of amides is 1. The molecule has 0 aromatic heterocycles. The number of ether oxygens (including phenoxy) is 2. The Morgan fingerprint density at radius 3 is 1.71 bits per heavy atom. The number of aliphatic hydroxyl groups is 5. The highest BCUT2D eigenvalue weighted by molar-refractivity contribution is 7.80. The standard InChI is InChI=1S/C42H79NO12S/c1-3-5-7-9-11-13-14-15-16-17-18-19-20-21-23-25-27-29-31-36(46)41(49)43-34(35(45)30-28-26-24-22-12-10-8-6-4-2)33-53-42-39(48)40(55-56(50,51)52)38(47)37(32-44)54-42/h12,22,28,30,34-40,42,44-48H,3-11,13-21,23-27,29,31-33H2,1-2H3,(H,43,49)(H,50,51,52)/b22-12+,30-28+. The molecule has 0 aliphatic carbocycles. The van der Waals surface area contributed by atoms with E-state index in [0.717, 1.165) is 44.9 Å². The third kappa shape index (κ3) is 25.8. The molecule has 1 heterocycles. The normalized spacial score (nSPS) is 22.2. The first-order valence-corrected chi connectivity index (χ1v) is 23.2. The van der Waals surface area contributed by atoms with Crippen LogP contribution in [0.15, 0.2) is 24.3 Å². The maximum absolute atomic E-state index is 13.0. The highest BCUT2D eigenvalue weighted by Gasteiger charge is 2.48. The number of nitrogens with one attached hydrogen (secondary N) is 1. The number of rotatable bonds is 36. The predicted molar refractivity (Wildman–Crippen MR) is 219 cm³/mol. The third-order valence-electron chi connectivity index (χ3n) is 10.3. The van der Waals surface area contributed by atoms with Gasteiger partial charge in [-0.2, -0.15) is 8.42 Å². The molecule has 8 unspecified atom stereocenters. The van der Waals surface area contributed by atoms with Crippen molar-refractivity contribution in [3.8, 4) is 0 Å². The average Bonchev–Trinajstić information content (AvgIpc) is 3.16. The second-order valence-corrected chi connectivity index (χ2v) is 16.5. The molecule has 7 N–H and O–H groups in total. The second kappa shape index (κ2) is 33.4. The Balaban J connectivity index is 2.54. The number of aliphatic hydroxyl groups excluding tert-OH is 5. The molecule has 0 aromatic rings. The van der Waals surface area contributed by atoms with Gasteiger partial charge in [0.25, 0.3) is 0 Å². The van der Waals surface area contributed by atoms with Gasteiger partial charge in [-0.15, -0.1) is 0 Å². The summed E-state index contributed by atoms with van der Waals surface area (Å²) < 4.78 is 47.3. The summed E-state index contributed by atoms with van der Waals surface area (Å²) in [6.07, 6.45) is 24.4. The van der Waals surface area contributed by atoms with Gasteiger partial charge in [-0.05, 0) is 32.1 Å². The zero-order valence-corrected chi connectivity index (χ0v) is 35.4. The lowest BCUT2D eigenvalue weighted by Gasteiger charge is -2.41. The Morgan fingerprint density at radius 2 is 1.20 bits per heavy atom. The van der Waals surface area contributed by atoms with E-state index in [1.54, 1.807) is 6.08 Å². The van der Waals surface area contributed by atoms with Gasteiger partial charge in [0.15, 0.2) is 6.29 Å². The Morgan fingerprint density at radius 1 is 0.714 bits per heavy atom. The molecule has 0 spiro atoms. The molecule has 56 heavy (non-hydrogen) atoms. The van der Waals surface area contributed by atoms with Crippen LogP contribution in [0.25, 0.3) is 0 Å². The third-order valence-corrected chi connectivity index (χ3v) is 10.8. The number of carbonyl (C=O) groups excluding carboxylic acids is 1. The van der Waals surface area contributed by atoms with E-state index in [-0.39, 0.29) is 6.42 Å². The molecule has 0 saturated carbocycles. The summed E-state index contributed by atoms with van der Waals surface area (Å²) in [7, 11) is -5.11. The van der Waals surface area contributed by atoms with Gasteiger partial charge in [0.2, 0.25) is 5.91 Å². The SMILES string of the molecule is CCCCC/C=C/CC/C=C/C(O)C(COC1OC(CO)C(O)C(OS(=O)(=O)O)C1O)NC(=O)C(O)CCCCCCCCCCCCCCCCCCCC. The van der Waals surface area contributed by atoms with Crippen LogP contribution in [0.4, 0.5) is 0 Å². The first kappa shape index (κ1) is 52.6. The van der Waals surface area contributed by atoms with Gasteiger partial charge >= 0.3 is 10.4 Å². The first-order valence-electron chi connectivity index (χ1n) is 21.8. The molecule has 1 aliphatic heterocycles. The highest BCUT2D eigenvalue weighted by atomic mass is 32.3. The average molecular weight is 822 g/mol. The Kier molecular flexibility index (Phi) is 31.3. The molecule has 14 heteroatoms. The minimum Gasteiger partial charge on any atom is -0.394 e. The van der Waals surface area contributed by atoms with Crippen molar-refractivity contribution in [1.29, 1.82) is 0 Å². The fraction of sp³-hybridized carbons (Fsp3) is 0.881. The molecular weight excluding hydrogens is 743 g/mol. The van der Waals surface area contributed by atoms with Crippen molar-refractivity contribution in [1.82, 2.24) is 5.32 Å². The van der Waals surface area contributed by atoms with Crippen LogP contribution in [-0.2, 0) is 28.9 Å². The van der Waals surface area contributed by atoms with E-state index in [9.17, 15) is 38.7 Å². The van der Waals surface area contributed by atoms with Crippen molar-refractivity contribution in [2.45, 2.75) is 223 Å². The predicted octanol–water partition coefficient (Wildman–Crippen LogP) is 6.74. The summed E-state index contributed by atoms with van der Waals surface area (Å²) in [6, 6.07) is -1.13. The molecule has 1 fully saturated rings. The minimum absolute atomic E-state index is 0.240. The smallest absolute Gasteiger partial charge is 0.394 e. The van der Waals surface area contributed by atoms with E-state index in [2.05, 4.69) is 35.5 Å². The summed E-state index contributed by atoms with van der Waals surface area (Å²) in [4.78, 5) is 13.0. The van der Waals surface area contributed by atoms with Crippen LogP contribution in [0.2, 0.25) is 0 Å². The molecular formula is C42H79NO12S. The highest BCUT2D eigenvalue weighted by Crippen LogP contribution is 2.26. The van der Waals surface area contributed by atoms with Crippen molar-refractivity contribution >= 4 is 16.3 Å². The van der Waals surface area contributed by atoms with E-state index in [0.29, 0.717) is 12.8 Å². The fourth-order valence-electron chi connectivity index (χ4n) is 6.83. The van der Waals surface area contributed by atoms with Crippen LogP contribution in [0, 0.1) is 0 Å². The molecule has 330 valence electrons. The fourth-order valence-corrected chi connectivity index (χ4v) is 7.34. The Bertz CT molecular complexity index is 1120. The molecule has 0 bridgehead atoms. The lowest BCUT2D eigenvalue weighted by Crippen LogP contribution is -2.61. The van der Waals surface area contributed by atoms with Crippen molar-refractivity contribution in [2.24, 2.45) is 0 Å². The molecule has 0 aromatic carbocycles. The first-order chi connectivity index (χ1) is 26.9. The molecule has 1 amide bonds. The molecule has 8 atom stereocenters. The lowest BCUT2D eigenvalue weighted by atomic mass is 9.99. The van der Waals surface area contributed by atoms with Crippen LogP contribution >= 0.6 is 0 Å². The monoisotopic (exact) mass is 822 g/mol. The summed E-state index contributed by atoms with van der Waals surface area (Å²) in [5.74, 6) is -0.714. The maximum Gasteiger partial charge on any atom is 0.397 e. The summed E-state index contributed by atoms with van der Waals surface area (Å²) in [5, 5.41) is 54.9. The molecule has 13 nitrogen and oxygen atoms in total.